The van der Waals surface area contributed by atoms with Crippen LogP contribution in [0.5, 0.6) is 0 Å². The molecule has 6 rings (SSSR count). The van der Waals surface area contributed by atoms with Gasteiger partial charge in [0.15, 0.2) is 17.3 Å². The van der Waals surface area contributed by atoms with Crippen molar-refractivity contribution in [2.24, 2.45) is 7.05 Å². The minimum absolute atomic E-state index is 0.0284. The number of quaternary nitrogens is 1. The van der Waals surface area contributed by atoms with Crippen LogP contribution in [-0.2, 0) is 27.5 Å². The average molecular weight is 822 g/mol. The first-order chi connectivity index (χ1) is 27.2. The fraction of sp³-hybridized carbons (Fsp3) is 0.432. The molecule has 310 valence electrons. The fourth-order valence-electron chi connectivity index (χ4n) is 6.56. The lowest BCUT2D eigenvalue weighted by molar-refractivity contribution is -0.901. The number of carbonyl (C=O) groups is 4. The zero-order valence-corrected chi connectivity index (χ0v) is 33.5. The zero-order valence-electron chi connectivity index (χ0n) is 32.7. The molecule has 2 fully saturated rings. The Morgan fingerprint density at radius 3 is 2.25 bits per heavy atom. The number of pyridine rings is 1. The Balaban J connectivity index is 0.00000101. The molecule has 57 heavy (non-hydrogen) atoms. The van der Waals surface area contributed by atoms with Crippen LogP contribution < -0.4 is 10.6 Å². The molecule has 0 unspecified atom stereocenters. The maximum absolute atomic E-state index is 14.1. The minimum Gasteiger partial charge on any atom is -0.471 e. The summed E-state index contributed by atoms with van der Waals surface area (Å²) in [5.74, 6) is -0.808. The number of nitrogens with zero attached hydrogens (tertiary/aromatic N) is 8. The van der Waals surface area contributed by atoms with Gasteiger partial charge in [-0.1, -0.05) is 11.6 Å². The van der Waals surface area contributed by atoms with Gasteiger partial charge in [0.1, 0.15) is 12.8 Å². The first kappa shape index (κ1) is 46.0. The number of alkyl halides is 3. The summed E-state index contributed by atoms with van der Waals surface area (Å²) in [5, 5.41) is 16.5. The number of aliphatic hydroxyl groups is 1. The molecule has 5 heterocycles. The van der Waals surface area contributed by atoms with E-state index in [-0.39, 0.29) is 33.8 Å². The molecule has 0 bridgehead atoms. The summed E-state index contributed by atoms with van der Waals surface area (Å²) in [6.07, 6.45) is 1.55. The number of amides is 2. The number of carbonyl (C=O) groups excluding carboxylic acids is 4. The molecule has 2 amide bonds. The van der Waals surface area contributed by atoms with E-state index in [4.69, 9.17) is 26.3 Å². The molecule has 20 heteroatoms. The van der Waals surface area contributed by atoms with Gasteiger partial charge >= 0.3 is 6.18 Å². The fourth-order valence-corrected chi connectivity index (χ4v) is 6.82. The largest absolute Gasteiger partial charge is 0.471 e. The van der Waals surface area contributed by atoms with Crippen molar-refractivity contribution in [1.82, 2.24) is 34.1 Å². The Hall–Kier alpha value is -5.37. The standard InChI is InChI=1S/C33H38ClF3N10O2.C2H4O2.CH4O.CH2O/c1-38-22-8-10-28(39-17-22)46-20-25(29(42-46)33(35,36)37)27-18-40-30(43(27)2)31(48)41-21-7-9-24(26(34)16-21)32(49)45-13-11-44(12-14-45)19-23-6-5-15-47(23,3)4;1-4-2-3;2*1-2/h7-10,16-18,20,23,38H,5-6,11-15,19H2,1-4H3;2H,1H3;2H,1H3;1H2/p+1/t23-;;;/m0.../s1. The van der Waals surface area contributed by atoms with Crippen molar-refractivity contribution in [3.8, 4) is 17.1 Å². The third-order valence-electron chi connectivity index (χ3n) is 9.66. The highest BCUT2D eigenvalue weighted by molar-refractivity contribution is 6.34. The number of nitrogens with one attached hydrogen (secondary N) is 2. The van der Waals surface area contributed by atoms with Crippen LogP contribution in [0.15, 0.2) is 48.9 Å². The van der Waals surface area contributed by atoms with Gasteiger partial charge in [-0.3, -0.25) is 19.3 Å². The van der Waals surface area contributed by atoms with E-state index in [0.717, 1.165) is 35.9 Å². The van der Waals surface area contributed by atoms with Crippen LogP contribution in [0.1, 0.15) is 39.5 Å². The van der Waals surface area contributed by atoms with E-state index >= 15 is 0 Å². The van der Waals surface area contributed by atoms with Crippen molar-refractivity contribution >= 4 is 48.1 Å². The average Bonchev–Trinajstić information content (AvgIpc) is 3.92. The molecule has 0 aliphatic carbocycles. The number of anilines is 2. The highest BCUT2D eigenvalue weighted by atomic mass is 35.5. The number of hydrogen-bond acceptors (Lipinski definition) is 11. The number of likely N-dealkylation sites (N-methyl/N-ethyl adjacent to an activating group) is 1. The Kier molecular flexibility index (Phi) is 16.7. The van der Waals surface area contributed by atoms with E-state index < -0.39 is 17.8 Å². The van der Waals surface area contributed by atoms with E-state index in [2.05, 4.69) is 49.4 Å². The number of imidazole rings is 1. The first-order valence-electron chi connectivity index (χ1n) is 17.6. The SMILES string of the molecule is C=O.CNc1ccc(-n2cc(-c3cnc(C(=O)Nc4ccc(C(=O)N5CCN(C[C@@H]6CCC[N+]6(C)C)CC5)c(Cl)c4)n3C)c(C(F)(F)F)n2)nc1.CO.COC=O. The van der Waals surface area contributed by atoms with Crippen molar-refractivity contribution in [2.75, 3.05) is 85.3 Å². The van der Waals surface area contributed by atoms with E-state index in [1.807, 2.05) is 6.79 Å². The van der Waals surface area contributed by atoms with Crippen molar-refractivity contribution < 1.29 is 46.7 Å². The molecule has 4 aromatic rings. The van der Waals surface area contributed by atoms with E-state index in [0.29, 0.717) is 42.5 Å². The van der Waals surface area contributed by atoms with Gasteiger partial charge in [0.05, 0.1) is 74.2 Å². The number of halogens is 4. The zero-order chi connectivity index (χ0) is 42.5. The molecule has 2 saturated heterocycles. The second-order valence-corrected chi connectivity index (χ2v) is 13.8. The Bertz CT molecular complexity index is 1950. The van der Waals surface area contributed by atoms with Gasteiger partial charge < -0.3 is 39.2 Å². The molecule has 0 saturated carbocycles. The molecular weight excluding hydrogens is 773 g/mol. The monoisotopic (exact) mass is 821 g/mol. The lowest BCUT2D eigenvalue weighted by Crippen LogP contribution is -2.54. The third-order valence-corrected chi connectivity index (χ3v) is 9.98. The molecule has 2 aliphatic rings. The number of likely N-dealkylation sites (tertiary alicyclic amines) is 1. The third kappa shape index (κ3) is 11.4. The van der Waals surface area contributed by atoms with Gasteiger partial charge in [-0.15, -0.1) is 0 Å². The first-order valence-corrected chi connectivity index (χ1v) is 18.0. The molecule has 0 spiro atoms. The topological polar surface area (TPSA) is 177 Å². The number of aliphatic hydroxyl groups excluding tert-OH is 1. The molecule has 1 aromatic carbocycles. The van der Waals surface area contributed by atoms with E-state index in [1.165, 1.54) is 68.8 Å². The van der Waals surface area contributed by atoms with Crippen molar-refractivity contribution in [2.45, 2.75) is 25.1 Å². The summed E-state index contributed by atoms with van der Waals surface area (Å²) in [6.45, 7) is 7.39. The summed E-state index contributed by atoms with van der Waals surface area (Å²) < 4.78 is 49.4. The van der Waals surface area contributed by atoms with Crippen LogP contribution in [-0.4, -0.2) is 149 Å². The Morgan fingerprint density at radius 1 is 1.07 bits per heavy atom. The quantitative estimate of drug-likeness (QED) is 0.165. The number of ether oxygens (including phenoxy) is 1. The molecule has 2 aliphatic heterocycles. The number of rotatable bonds is 9. The van der Waals surface area contributed by atoms with Gasteiger partial charge in [0, 0.05) is 72.1 Å². The summed E-state index contributed by atoms with van der Waals surface area (Å²) in [6, 6.07) is 8.41. The van der Waals surface area contributed by atoms with Crippen LogP contribution >= 0.6 is 11.6 Å². The van der Waals surface area contributed by atoms with E-state index in [9.17, 15) is 22.8 Å². The second-order valence-electron chi connectivity index (χ2n) is 13.4. The molecular formula is C37H49ClF3N10O6+. The number of aromatic nitrogens is 5. The molecule has 16 nitrogen and oxygen atoms in total. The molecule has 1 atom stereocenters. The van der Waals surface area contributed by atoms with E-state index in [1.54, 1.807) is 30.1 Å². The van der Waals surface area contributed by atoms with Gasteiger partial charge in [-0.2, -0.15) is 18.3 Å². The summed E-state index contributed by atoms with van der Waals surface area (Å²) in [5.41, 5.74) is -0.0721. The predicted molar refractivity (Wildman–Crippen MR) is 208 cm³/mol. The number of benzene rings is 1. The van der Waals surface area contributed by atoms with Gasteiger partial charge in [0.2, 0.25) is 0 Å². The highest BCUT2D eigenvalue weighted by Crippen LogP contribution is 2.37. The summed E-state index contributed by atoms with van der Waals surface area (Å²) in [7, 11) is 10.0. The minimum atomic E-state index is -4.78. The van der Waals surface area contributed by atoms with Crippen LogP contribution in [0, 0.1) is 0 Å². The van der Waals surface area contributed by atoms with Crippen molar-refractivity contribution in [3.05, 3.63) is 71.0 Å². The van der Waals surface area contributed by atoms with Crippen LogP contribution in [0.3, 0.4) is 0 Å². The summed E-state index contributed by atoms with van der Waals surface area (Å²) in [4.78, 5) is 56.1. The molecule has 0 radical (unpaired) electrons. The predicted octanol–water partition coefficient (Wildman–Crippen LogP) is 3.84. The van der Waals surface area contributed by atoms with Gasteiger partial charge in [-0.05, 0) is 30.3 Å². The van der Waals surface area contributed by atoms with Gasteiger partial charge in [0.25, 0.3) is 18.3 Å². The number of methoxy groups -OCH3 is 1. The highest BCUT2D eigenvalue weighted by Gasteiger charge is 2.39. The molecule has 3 N–H and O–H groups in total. The van der Waals surface area contributed by atoms with Gasteiger partial charge in [-0.25, -0.2) is 14.6 Å². The molecule has 3 aromatic heterocycles. The lowest BCUT2D eigenvalue weighted by Gasteiger charge is -2.39. The summed E-state index contributed by atoms with van der Waals surface area (Å²) >= 11 is 6.54. The van der Waals surface area contributed by atoms with Crippen LogP contribution in [0.4, 0.5) is 24.5 Å². The van der Waals surface area contributed by atoms with Crippen molar-refractivity contribution in [3.63, 3.8) is 0 Å². The van der Waals surface area contributed by atoms with Crippen LogP contribution in [0.2, 0.25) is 5.02 Å². The second kappa shape index (κ2) is 20.7. The lowest BCUT2D eigenvalue weighted by atomic mass is 10.1. The van der Waals surface area contributed by atoms with Crippen molar-refractivity contribution in [1.29, 1.82) is 0 Å². The number of hydrogen-bond donors (Lipinski definition) is 3. The smallest absolute Gasteiger partial charge is 0.435 e. The normalized spacial score (nSPS) is 16.1. The Morgan fingerprint density at radius 2 is 1.72 bits per heavy atom. The maximum Gasteiger partial charge on any atom is 0.435 e. The van der Waals surface area contributed by atoms with Crippen LogP contribution in [0.25, 0.3) is 17.1 Å². The maximum atomic E-state index is 14.1. The number of piperazine rings is 1. The Labute approximate surface area is 333 Å².